The van der Waals surface area contributed by atoms with Gasteiger partial charge in [-0.1, -0.05) is 6.42 Å². The normalized spacial score (nSPS) is 28.5. The molecular weight excluding hydrogens is 284 g/mol. The number of nitrogens with zero attached hydrogens (tertiary/aromatic N) is 2. The van der Waals surface area contributed by atoms with Crippen LogP contribution in [0.4, 0.5) is 0 Å². The number of halogens is 1. The molecule has 1 aromatic rings. The van der Waals surface area contributed by atoms with Crippen LogP contribution in [0.1, 0.15) is 25.7 Å². The summed E-state index contributed by atoms with van der Waals surface area (Å²) in [5, 5.41) is 4.18. The Labute approximate surface area is 109 Å². The van der Waals surface area contributed by atoms with Crippen molar-refractivity contribution in [3.05, 3.63) is 16.9 Å². The minimum atomic E-state index is -0.815. The van der Waals surface area contributed by atoms with Crippen molar-refractivity contribution in [1.29, 1.82) is 0 Å². The van der Waals surface area contributed by atoms with Gasteiger partial charge in [-0.05, 0) is 41.1 Å². The van der Waals surface area contributed by atoms with Crippen LogP contribution in [0.3, 0.4) is 0 Å². The molecule has 2 atom stereocenters. The molecule has 0 bridgehead atoms. The van der Waals surface area contributed by atoms with Gasteiger partial charge in [-0.25, -0.2) is 0 Å². The molecule has 1 heterocycles. The maximum atomic E-state index is 11.4. The van der Waals surface area contributed by atoms with Gasteiger partial charge in [0.2, 0.25) is 5.91 Å². The lowest BCUT2D eigenvalue weighted by atomic mass is 9.85. The molecule has 1 saturated carbocycles. The molecule has 2 unspecified atom stereocenters. The molecule has 0 aromatic carbocycles. The van der Waals surface area contributed by atoms with Crippen molar-refractivity contribution in [1.82, 2.24) is 9.78 Å². The monoisotopic (exact) mass is 300 g/mol. The van der Waals surface area contributed by atoms with Gasteiger partial charge in [0.05, 0.1) is 16.2 Å². The number of hydrogen-bond donors (Lipinski definition) is 2. The highest BCUT2D eigenvalue weighted by Crippen LogP contribution is 2.36. The highest BCUT2D eigenvalue weighted by Gasteiger charge is 2.43. The first kappa shape index (κ1) is 12.6. The van der Waals surface area contributed by atoms with Crippen LogP contribution in [0.2, 0.25) is 0 Å². The van der Waals surface area contributed by atoms with E-state index < -0.39 is 5.54 Å². The number of primary amides is 1. The largest absolute Gasteiger partial charge is 0.368 e. The van der Waals surface area contributed by atoms with Gasteiger partial charge < -0.3 is 11.5 Å². The van der Waals surface area contributed by atoms with E-state index in [0.717, 1.165) is 30.3 Å². The molecule has 1 amide bonds. The quantitative estimate of drug-likeness (QED) is 0.870. The summed E-state index contributed by atoms with van der Waals surface area (Å²) < 4.78 is 2.81. The summed E-state index contributed by atoms with van der Waals surface area (Å²) in [6.45, 7) is 0.766. The fourth-order valence-corrected chi connectivity index (χ4v) is 2.91. The topological polar surface area (TPSA) is 86.9 Å². The van der Waals surface area contributed by atoms with Crippen molar-refractivity contribution >= 4 is 21.8 Å². The smallest absolute Gasteiger partial charge is 0.237 e. The Morgan fingerprint density at radius 2 is 2.47 bits per heavy atom. The number of amides is 1. The molecule has 0 saturated heterocycles. The van der Waals surface area contributed by atoms with Gasteiger partial charge in [0.25, 0.3) is 0 Å². The van der Waals surface area contributed by atoms with Crippen molar-refractivity contribution in [2.24, 2.45) is 17.4 Å². The third-order valence-corrected chi connectivity index (χ3v) is 4.05. The van der Waals surface area contributed by atoms with Crippen molar-refractivity contribution in [2.45, 2.75) is 37.8 Å². The molecule has 94 valence electrons. The maximum absolute atomic E-state index is 11.4. The molecule has 0 spiro atoms. The molecule has 4 N–H and O–H groups in total. The predicted octanol–water partition coefficient (Wildman–Crippen LogP) is 1.02. The summed E-state index contributed by atoms with van der Waals surface area (Å²) >= 11 is 3.35. The lowest BCUT2D eigenvalue weighted by molar-refractivity contribution is -0.124. The van der Waals surface area contributed by atoms with E-state index in [-0.39, 0.29) is 11.8 Å². The molecule has 1 aromatic heterocycles. The van der Waals surface area contributed by atoms with Crippen molar-refractivity contribution in [3.63, 3.8) is 0 Å². The number of carbonyl (C=O) groups excluding carboxylic acids is 1. The Balaban J connectivity index is 1.97. The van der Waals surface area contributed by atoms with Crippen LogP contribution in [-0.4, -0.2) is 21.2 Å². The summed E-state index contributed by atoms with van der Waals surface area (Å²) in [6.07, 6.45) is 7.16. The summed E-state index contributed by atoms with van der Waals surface area (Å²) in [5.74, 6) is -0.204. The van der Waals surface area contributed by atoms with Crippen LogP contribution >= 0.6 is 15.9 Å². The van der Waals surface area contributed by atoms with E-state index in [1.54, 1.807) is 6.20 Å². The van der Waals surface area contributed by atoms with E-state index in [1.807, 2.05) is 10.9 Å². The lowest BCUT2D eigenvalue weighted by Crippen LogP contribution is -2.54. The lowest BCUT2D eigenvalue weighted by Gasteiger charge is -2.27. The van der Waals surface area contributed by atoms with Crippen molar-refractivity contribution < 1.29 is 4.79 Å². The van der Waals surface area contributed by atoms with E-state index in [9.17, 15) is 4.79 Å². The van der Waals surface area contributed by atoms with Crippen LogP contribution in [0.25, 0.3) is 0 Å². The summed E-state index contributed by atoms with van der Waals surface area (Å²) in [4.78, 5) is 11.4. The van der Waals surface area contributed by atoms with Crippen LogP contribution < -0.4 is 11.5 Å². The third-order valence-electron chi connectivity index (χ3n) is 3.64. The Morgan fingerprint density at radius 1 is 1.71 bits per heavy atom. The zero-order valence-electron chi connectivity index (χ0n) is 9.60. The molecule has 17 heavy (non-hydrogen) atoms. The molecule has 6 heteroatoms. The summed E-state index contributed by atoms with van der Waals surface area (Å²) in [5.41, 5.74) is 10.7. The summed E-state index contributed by atoms with van der Waals surface area (Å²) in [7, 11) is 0. The maximum Gasteiger partial charge on any atom is 0.237 e. The minimum absolute atomic E-state index is 0.169. The Kier molecular flexibility index (Phi) is 3.53. The van der Waals surface area contributed by atoms with E-state index in [1.165, 1.54) is 0 Å². The van der Waals surface area contributed by atoms with Crippen LogP contribution in [0.15, 0.2) is 16.9 Å². The van der Waals surface area contributed by atoms with Crippen molar-refractivity contribution in [3.8, 4) is 0 Å². The van der Waals surface area contributed by atoms with Crippen LogP contribution in [0, 0.1) is 5.92 Å². The predicted molar refractivity (Wildman–Crippen MR) is 68.0 cm³/mol. The third kappa shape index (κ3) is 2.52. The standard InChI is InChI=1S/C11H17BrN4O/c12-9-6-15-16(7-9)5-3-8-2-1-4-11(8,14)10(13)17/h6-8H,1-5,14H2,(H2,13,17). The van der Waals surface area contributed by atoms with Crippen LogP contribution in [-0.2, 0) is 11.3 Å². The molecule has 1 aliphatic carbocycles. The number of aryl methyl sites for hydroxylation is 1. The van der Waals surface area contributed by atoms with Gasteiger partial charge in [0.1, 0.15) is 0 Å². The fourth-order valence-electron chi connectivity index (χ4n) is 2.58. The Morgan fingerprint density at radius 3 is 3.06 bits per heavy atom. The Bertz CT molecular complexity index is 419. The van der Waals surface area contributed by atoms with Crippen molar-refractivity contribution in [2.75, 3.05) is 0 Å². The van der Waals surface area contributed by atoms with Gasteiger partial charge in [-0.3, -0.25) is 9.48 Å². The second-order valence-corrected chi connectivity index (χ2v) is 5.62. The molecular formula is C11H17BrN4O. The molecule has 5 nitrogen and oxygen atoms in total. The second kappa shape index (κ2) is 4.78. The van der Waals surface area contributed by atoms with E-state index >= 15 is 0 Å². The highest BCUT2D eigenvalue weighted by atomic mass is 79.9. The zero-order valence-corrected chi connectivity index (χ0v) is 11.2. The van der Waals surface area contributed by atoms with Gasteiger partial charge in [-0.2, -0.15) is 5.10 Å². The molecule has 2 rings (SSSR count). The first-order valence-corrected chi connectivity index (χ1v) is 6.58. The minimum Gasteiger partial charge on any atom is -0.368 e. The fraction of sp³-hybridized carbons (Fsp3) is 0.636. The second-order valence-electron chi connectivity index (χ2n) is 4.70. The number of aromatic nitrogens is 2. The first-order chi connectivity index (χ1) is 8.02. The number of hydrogen-bond acceptors (Lipinski definition) is 3. The molecule has 0 aliphatic heterocycles. The Hall–Kier alpha value is -0.880. The average molecular weight is 301 g/mol. The van der Waals surface area contributed by atoms with Gasteiger partial charge in [0, 0.05) is 12.7 Å². The first-order valence-electron chi connectivity index (χ1n) is 5.79. The number of rotatable bonds is 4. The number of carbonyl (C=O) groups is 1. The van der Waals surface area contributed by atoms with Gasteiger partial charge in [0.15, 0.2) is 0 Å². The van der Waals surface area contributed by atoms with E-state index in [2.05, 4.69) is 21.0 Å². The van der Waals surface area contributed by atoms with E-state index in [0.29, 0.717) is 6.42 Å². The average Bonchev–Trinajstić information content (AvgIpc) is 2.83. The highest BCUT2D eigenvalue weighted by molar-refractivity contribution is 9.10. The van der Waals surface area contributed by atoms with Gasteiger partial charge >= 0.3 is 0 Å². The SMILES string of the molecule is NC(=O)C1(N)CCCC1CCn1cc(Br)cn1. The molecule has 1 aliphatic rings. The van der Waals surface area contributed by atoms with E-state index in [4.69, 9.17) is 11.5 Å². The molecule has 0 radical (unpaired) electrons. The van der Waals surface area contributed by atoms with Gasteiger partial charge in [-0.15, -0.1) is 0 Å². The van der Waals surface area contributed by atoms with Crippen LogP contribution in [0.5, 0.6) is 0 Å². The molecule has 1 fully saturated rings. The zero-order chi connectivity index (χ0) is 12.5. The number of nitrogens with two attached hydrogens (primary N) is 2. The summed E-state index contributed by atoms with van der Waals surface area (Å²) in [6, 6.07) is 0.